The minimum atomic E-state index is -0.465. The zero-order chi connectivity index (χ0) is 21.1. The van der Waals surface area contributed by atoms with Crippen LogP contribution in [0.1, 0.15) is 73.2 Å². The third kappa shape index (κ3) is 4.83. The second-order valence-corrected chi connectivity index (χ2v) is 9.09. The number of anilines is 2. The second-order valence-electron chi connectivity index (χ2n) is 9.09. The van der Waals surface area contributed by atoms with E-state index in [-0.39, 0.29) is 0 Å². The van der Waals surface area contributed by atoms with Gasteiger partial charge in [-0.05, 0) is 79.3 Å². The lowest BCUT2D eigenvalue weighted by atomic mass is 9.65. The summed E-state index contributed by atoms with van der Waals surface area (Å²) in [5, 5.41) is 0. The molecule has 5 heteroatoms. The lowest BCUT2D eigenvalue weighted by molar-refractivity contribution is 0.0736. The van der Waals surface area contributed by atoms with Crippen molar-refractivity contribution in [2.24, 2.45) is 11.8 Å². The standard InChI is InChI=1S/C25H31BN2O2/c26-20-9-5-18(6-10-20)16-1-3-17(4-2-16)19-7-12-22(13-8-19)30-25(29)23-14-11-21(27)15-24(23)28/h7-8,11-18,20H,1-6,9-10,27-28H2. The molecule has 2 saturated carbocycles. The highest BCUT2D eigenvalue weighted by Gasteiger charge is 2.30. The van der Waals surface area contributed by atoms with E-state index in [1.54, 1.807) is 18.2 Å². The molecule has 0 bridgehead atoms. The molecular weight excluding hydrogens is 371 g/mol. The summed E-state index contributed by atoms with van der Waals surface area (Å²) in [5.74, 6) is 2.86. The third-order valence-corrected chi connectivity index (χ3v) is 7.11. The zero-order valence-corrected chi connectivity index (χ0v) is 17.6. The van der Waals surface area contributed by atoms with Gasteiger partial charge in [0, 0.05) is 11.4 Å². The quantitative estimate of drug-likeness (QED) is 0.307. The highest BCUT2D eigenvalue weighted by Crippen LogP contribution is 2.44. The van der Waals surface area contributed by atoms with Crippen molar-refractivity contribution in [2.75, 3.05) is 11.5 Å². The Kier molecular flexibility index (Phi) is 6.36. The van der Waals surface area contributed by atoms with Crippen LogP contribution in [0.4, 0.5) is 11.4 Å². The topological polar surface area (TPSA) is 78.3 Å². The number of carbonyl (C=O) groups excluding carboxylic acids is 1. The maximum Gasteiger partial charge on any atom is 0.345 e. The van der Waals surface area contributed by atoms with Gasteiger partial charge in [-0.1, -0.05) is 43.6 Å². The highest BCUT2D eigenvalue weighted by atomic mass is 16.5. The molecule has 156 valence electrons. The summed E-state index contributed by atoms with van der Waals surface area (Å²) >= 11 is 0. The molecule has 2 fully saturated rings. The Bertz CT molecular complexity index is 867. The molecule has 2 aromatic rings. The Morgan fingerprint density at radius 3 is 2.03 bits per heavy atom. The largest absolute Gasteiger partial charge is 0.423 e. The molecule has 0 aliphatic heterocycles. The summed E-state index contributed by atoms with van der Waals surface area (Å²) in [7, 11) is 6.07. The first-order valence-corrected chi connectivity index (χ1v) is 11.2. The fourth-order valence-electron chi connectivity index (χ4n) is 5.28. The first-order valence-electron chi connectivity index (χ1n) is 11.2. The van der Waals surface area contributed by atoms with E-state index in [4.69, 9.17) is 24.1 Å². The number of rotatable bonds is 4. The normalized spacial score (nSPS) is 26.8. The summed E-state index contributed by atoms with van der Waals surface area (Å²) in [4.78, 5) is 12.4. The van der Waals surface area contributed by atoms with Crippen LogP contribution in [0.2, 0.25) is 5.82 Å². The van der Waals surface area contributed by atoms with Crippen LogP contribution >= 0.6 is 0 Å². The van der Waals surface area contributed by atoms with Crippen molar-refractivity contribution in [2.45, 2.75) is 63.1 Å². The number of hydrogen-bond acceptors (Lipinski definition) is 4. The van der Waals surface area contributed by atoms with Crippen LogP contribution in [-0.4, -0.2) is 13.8 Å². The molecule has 0 amide bonds. The van der Waals surface area contributed by atoms with Crippen LogP contribution in [0.5, 0.6) is 5.75 Å². The molecule has 4 N–H and O–H groups in total. The van der Waals surface area contributed by atoms with Gasteiger partial charge >= 0.3 is 5.97 Å². The molecule has 2 aromatic carbocycles. The van der Waals surface area contributed by atoms with E-state index in [1.807, 2.05) is 12.1 Å². The SMILES string of the molecule is [B]C1CCC(C2CCC(c3ccc(OC(=O)c4ccc(N)cc4N)cc3)CC2)CC1. The van der Waals surface area contributed by atoms with Gasteiger partial charge in [0.25, 0.3) is 0 Å². The van der Waals surface area contributed by atoms with E-state index in [1.165, 1.54) is 56.9 Å². The monoisotopic (exact) mass is 402 g/mol. The molecule has 2 aliphatic carbocycles. The highest BCUT2D eigenvalue weighted by molar-refractivity contribution is 6.11. The van der Waals surface area contributed by atoms with Gasteiger partial charge in [-0.2, -0.15) is 0 Å². The Labute approximate surface area is 180 Å². The molecule has 0 heterocycles. The average Bonchev–Trinajstić information content (AvgIpc) is 2.75. The van der Waals surface area contributed by atoms with E-state index in [0.29, 0.717) is 34.4 Å². The Balaban J connectivity index is 1.31. The second kappa shape index (κ2) is 9.15. The summed E-state index contributed by atoms with van der Waals surface area (Å²) in [6.07, 6.45) is 10.2. The smallest absolute Gasteiger partial charge is 0.345 e. The lowest BCUT2D eigenvalue weighted by Gasteiger charge is -2.37. The van der Waals surface area contributed by atoms with Crippen molar-refractivity contribution >= 4 is 25.2 Å². The molecule has 0 saturated heterocycles. The average molecular weight is 402 g/mol. The number of esters is 1. The molecule has 2 aliphatic rings. The molecule has 4 nitrogen and oxygen atoms in total. The van der Waals surface area contributed by atoms with E-state index in [9.17, 15) is 4.79 Å². The lowest BCUT2D eigenvalue weighted by Crippen LogP contribution is -2.24. The van der Waals surface area contributed by atoms with Gasteiger partial charge in [-0.25, -0.2) is 4.79 Å². The summed E-state index contributed by atoms with van der Waals surface area (Å²) < 4.78 is 5.50. The van der Waals surface area contributed by atoms with E-state index in [0.717, 1.165) is 11.8 Å². The van der Waals surface area contributed by atoms with Crippen LogP contribution in [0.15, 0.2) is 42.5 Å². The molecule has 4 rings (SSSR count). The summed E-state index contributed by atoms with van der Waals surface area (Å²) in [6.45, 7) is 0. The summed E-state index contributed by atoms with van der Waals surface area (Å²) in [6, 6.07) is 12.8. The maximum atomic E-state index is 12.4. The Morgan fingerprint density at radius 1 is 0.833 bits per heavy atom. The predicted molar refractivity (Wildman–Crippen MR) is 123 cm³/mol. The minimum Gasteiger partial charge on any atom is -0.423 e. The van der Waals surface area contributed by atoms with Crippen LogP contribution in [0.3, 0.4) is 0 Å². The molecule has 0 aromatic heterocycles. The first-order chi connectivity index (χ1) is 14.5. The third-order valence-electron chi connectivity index (χ3n) is 7.11. The first kappa shape index (κ1) is 20.8. The van der Waals surface area contributed by atoms with E-state index < -0.39 is 5.97 Å². The van der Waals surface area contributed by atoms with Crippen LogP contribution in [-0.2, 0) is 0 Å². The van der Waals surface area contributed by atoms with Gasteiger partial charge in [-0.3, -0.25) is 0 Å². The van der Waals surface area contributed by atoms with Crippen molar-refractivity contribution in [3.63, 3.8) is 0 Å². The van der Waals surface area contributed by atoms with Crippen LogP contribution in [0, 0.1) is 11.8 Å². The molecule has 0 unspecified atom stereocenters. The van der Waals surface area contributed by atoms with Gasteiger partial charge in [0.05, 0.1) is 13.4 Å². The van der Waals surface area contributed by atoms with E-state index in [2.05, 4.69) is 12.1 Å². The Morgan fingerprint density at radius 2 is 1.43 bits per heavy atom. The van der Waals surface area contributed by atoms with Gasteiger partial charge in [-0.15, -0.1) is 0 Å². The molecule has 30 heavy (non-hydrogen) atoms. The fourth-order valence-corrected chi connectivity index (χ4v) is 5.28. The fraction of sp³-hybridized carbons (Fsp3) is 0.480. The van der Waals surface area contributed by atoms with Crippen LogP contribution in [0.25, 0.3) is 0 Å². The van der Waals surface area contributed by atoms with Gasteiger partial charge in [0.15, 0.2) is 0 Å². The predicted octanol–water partition coefficient (Wildman–Crippen LogP) is 5.49. The molecular formula is C25H31BN2O2. The van der Waals surface area contributed by atoms with Crippen molar-refractivity contribution < 1.29 is 9.53 Å². The Hall–Kier alpha value is -2.43. The van der Waals surface area contributed by atoms with Gasteiger partial charge < -0.3 is 16.2 Å². The molecule has 0 atom stereocenters. The number of nitrogens with two attached hydrogens (primary N) is 2. The number of benzene rings is 2. The van der Waals surface area contributed by atoms with Crippen molar-refractivity contribution in [1.82, 2.24) is 0 Å². The van der Waals surface area contributed by atoms with Gasteiger partial charge in [0.2, 0.25) is 0 Å². The minimum absolute atomic E-state index is 0.327. The van der Waals surface area contributed by atoms with Crippen molar-refractivity contribution in [3.8, 4) is 5.75 Å². The van der Waals surface area contributed by atoms with Crippen molar-refractivity contribution in [1.29, 1.82) is 0 Å². The maximum absolute atomic E-state index is 12.4. The molecule has 2 radical (unpaired) electrons. The summed E-state index contributed by atoms with van der Waals surface area (Å²) in [5.41, 5.74) is 14.1. The van der Waals surface area contributed by atoms with Gasteiger partial charge in [0.1, 0.15) is 5.75 Å². The van der Waals surface area contributed by atoms with Crippen LogP contribution < -0.4 is 16.2 Å². The number of hydrogen-bond donors (Lipinski definition) is 2. The van der Waals surface area contributed by atoms with E-state index >= 15 is 0 Å². The number of carbonyl (C=O) groups is 1. The van der Waals surface area contributed by atoms with Crippen molar-refractivity contribution in [3.05, 3.63) is 53.6 Å². The number of nitrogen functional groups attached to an aromatic ring is 2. The number of ether oxygens (including phenoxy) is 1. The molecule has 0 spiro atoms. The zero-order valence-electron chi connectivity index (χ0n) is 17.6.